The minimum Gasteiger partial charge on any atom is -0.383 e. The monoisotopic (exact) mass is 504 g/mol. The topological polar surface area (TPSA) is 163 Å². The molecule has 1 aliphatic rings. The Balaban J connectivity index is 1.51. The minimum absolute atomic E-state index is 0.00470. The van der Waals surface area contributed by atoms with E-state index in [0.717, 1.165) is 6.07 Å². The molecule has 5 aromatic rings. The molecular formula is C23H18F2N10O2. The molecule has 1 atom stereocenters. The number of rotatable bonds is 4. The van der Waals surface area contributed by atoms with Crippen LogP contribution in [-0.4, -0.2) is 45.8 Å². The van der Waals surface area contributed by atoms with Gasteiger partial charge in [0.1, 0.15) is 23.2 Å². The molecule has 0 saturated carbocycles. The summed E-state index contributed by atoms with van der Waals surface area (Å²) in [5.41, 5.74) is 6.02. The van der Waals surface area contributed by atoms with Crippen LogP contribution in [0.15, 0.2) is 28.9 Å². The normalized spacial score (nSPS) is 16.8. The predicted octanol–water partition coefficient (Wildman–Crippen LogP) is 2.22. The van der Waals surface area contributed by atoms with Crippen molar-refractivity contribution in [1.82, 2.24) is 39.9 Å². The number of nitrogens with two attached hydrogens (primary N) is 1. The van der Waals surface area contributed by atoms with Gasteiger partial charge in [-0.1, -0.05) is 17.3 Å². The molecule has 0 fully saturated rings. The summed E-state index contributed by atoms with van der Waals surface area (Å²) in [7, 11) is 1.68. The fourth-order valence-electron chi connectivity index (χ4n) is 4.39. The standard InChI is InChI=1S/C23H18F2N10O2/c1-9-28-22(37-34-9)23(2)14-17(26)31-19(32-18(14)33-21(23)36)16-11-8-27-35(3)20(11)30-13(29-16)7-10-5-4-6-12(24)15(10)25/h4-6,8H,7H2,1-3H3,(H3,26,31,32,33,36). The summed E-state index contributed by atoms with van der Waals surface area (Å²) in [5, 5.41) is 11.2. The molecule has 1 aliphatic heterocycles. The fraction of sp³-hybridized carbons (Fsp3) is 0.217. The number of nitrogen functional groups attached to an aromatic ring is 1. The summed E-state index contributed by atoms with van der Waals surface area (Å²) < 4.78 is 34.9. The van der Waals surface area contributed by atoms with Gasteiger partial charge in [0, 0.05) is 13.5 Å². The van der Waals surface area contributed by atoms with E-state index in [4.69, 9.17) is 10.3 Å². The molecule has 4 aromatic heterocycles. The molecule has 0 radical (unpaired) electrons. The number of nitrogens with zero attached hydrogens (tertiary/aromatic N) is 8. The number of fused-ring (bicyclic) bond motifs is 2. The van der Waals surface area contributed by atoms with E-state index in [1.165, 1.54) is 23.0 Å². The Morgan fingerprint density at radius 3 is 2.73 bits per heavy atom. The van der Waals surface area contributed by atoms with Gasteiger partial charge in [-0.2, -0.15) is 10.1 Å². The Kier molecular flexibility index (Phi) is 4.77. The smallest absolute Gasteiger partial charge is 0.246 e. The Morgan fingerprint density at radius 1 is 1.16 bits per heavy atom. The zero-order valence-corrected chi connectivity index (χ0v) is 19.7. The third-order valence-corrected chi connectivity index (χ3v) is 6.31. The second kappa shape index (κ2) is 7.81. The van der Waals surface area contributed by atoms with Crippen molar-refractivity contribution in [3.8, 4) is 11.5 Å². The molecule has 0 aliphatic carbocycles. The number of carbonyl (C=O) groups is 1. The van der Waals surface area contributed by atoms with Crippen LogP contribution in [0, 0.1) is 18.6 Å². The third kappa shape index (κ3) is 3.32. The zero-order valence-electron chi connectivity index (χ0n) is 19.7. The number of hydrogen-bond acceptors (Lipinski definition) is 10. The number of halogens is 2. The molecule has 0 bridgehead atoms. The van der Waals surface area contributed by atoms with E-state index >= 15 is 0 Å². The maximum Gasteiger partial charge on any atom is 0.246 e. The van der Waals surface area contributed by atoms with Crippen LogP contribution in [0.2, 0.25) is 0 Å². The minimum atomic E-state index is -1.39. The van der Waals surface area contributed by atoms with Crippen molar-refractivity contribution in [3.63, 3.8) is 0 Å². The molecule has 1 unspecified atom stereocenters. The van der Waals surface area contributed by atoms with E-state index < -0.39 is 23.0 Å². The first-order valence-corrected chi connectivity index (χ1v) is 11.1. The number of aryl methyl sites for hydroxylation is 2. The second-order valence-corrected chi connectivity index (χ2v) is 8.77. The number of carbonyl (C=O) groups excluding carboxylic acids is 1. The molecule has 37 heavy (non-hydrogen) atoms. The molecular weight excluding hydrogens is 486 g/mol. The number of aromatic nitrogens is 8. The molecule has 0 spiro atoms. The van der Waals surface area contributed by atoms with E-state index in [9.17, 15) is 13.6 Å². The van der Waals surface area contributed by atoms with Gasteiger partial charge in [-0.05, 0) is 25.5 Å². The van der Waals surface area contributed by atoms with Crippen LogP contribution in [-0.2, 0) is 23.7 Å². The first kappa shape index (κ1) is 22.6. The summed E-state index contributed by atoms with van der Waals surface area (Å²) in [6.07, 6.45) is 1.44. The van der Waals surface area contributed by atoms with Gasteiger partial charge in [-0.15, -0.1) is 0 Å². The quantitative estimate of drug-likeness (QED) is 0.371. The first-order chi connectivity index (χ1) is 17.7. The Labute approximate surface area is 207 Å². The number of amides is 1. The molecule has 12 nitrogen and oxygen atoms in total. The van der Waals surface area contributed by atoms with Crippen LogP contribution >= 0.6 is 0 Å². The average molecular weight is 504 g/mol. The van der Waals surface area contributed by atoms with Gasteiger partial charge in [0.25, 0.3) is 0 Å². The highest BCUT2D eigenvalue weighted by atomic mass is 19.2. The highest BCUT2D eigenvalue weighted by molar-refractivity contribution is 6.08. The summed E-state index contributed by atoms with van der Waals surface area (Å²) in [5.74, 6) is -1.54. The van der Waals surface area contributed by atoms with E-state index in [1.54, 1.807) is 20.9 Å². The van der Waals surface area contributed by atoms with Crippen molar-refractivity contribution < 1.29 is 18.1 Å². The van der Waals surface area contributed by atoms with Crippen molar-refractivity contribution in [3.05, 3.63) is 64.7 Å². The molecule has 3 N–H and O–H groups in total. The summed E-state index contributed by atoms with van der Waals surface area (Å²) in [6, 6.07) is 3.90. The maximum absolute atomic E-state index is 14.4. The maximum atomic E-state index is 14.4. The lowest BCUT2D eigenvalue weighted by molar-refractivity contribution is -0.119. The lowest BCUT2D eigenvalue weighted by Gasteiger charge is -2.18. The Hall–Kier alpha value is -4.88. The van der Waals surface area contributed by atoms with Gasteiger partial charge in [0.05, 0.1) is 17.1 Å². The van der Waals surface area contributed by atoms with Crippen LogP contribution in [0.5, 0.6) is 0 Å². The van der Waals surface area contributed by atoms with E-state index in [1.807, 2.05) is 0 Å². The summed E-state index contributed by atoms with van der Waals surface area (Å²) in [4.78, 5) is 35.2. The molecule has 1 amide bonds. The van der Waals surface area contributed by atoms with Crippen molar-refractivity contribution in [2.45, 2.75) is 25.7 Å². The third-order valence-electron chi connectivity index (χ3n) is 6.31. The number of benzene rings is 1. The van der Waals surface area contributed by atoms with Gasteiger partial charge in [-0.25, -0.2) is 28.7 Å². The van der Waals surface area contributed by atoms with Crippen LogP contribution in [0.4, 0.5) is 20.4 Å². The summed E-state index contributed by atoms with van der Waals surface area (Å²) >= 11 is 0. The Morgan fingerprint density at radius 2 is 1.97 bits per heavy atom. The van der Waals surface area contributed by atoms with Gasteiger partial charge in [0.15, 0.2) is 34.3 Å². The van der Waals surface area contributed by atoms with Crippen LogP contribution < -0.4 is 11.1 Å². The number of nitrogens with one attached hydrogen (secondary N) is 1. The van der Waals surface area contributed by atoms with E-state index in [2.05, 4.69) is 40.5 Å². The van der Waals surface area contributed by atoms with Crippen molar-refractivity contribution in [1.29, 1.82) is 0 Å². The lowest BCUT2D eigenvalue weighted by atomic mass is 9.84. The van der Waals surface area contributed by atoms with Crippen LogP contribution in [0.3, 0.4) is 0 Å². The van der Waals surface area contributed by atoms with E-state index in [0.29, 0.717) is 22.4 Å². The predicted molar refractivity (Wildman–Crippen MR) is 125 cm³/mol. The summed E-state index contributed by atoms with van der Waals surface area (Å²) in [6.45, 7) is 3.23. The van der Waals surface area contributed by atoms with Crippen molar-refractivity contribution in [2.75, 3.05) is 11.1 Å². The molecule has 5 heterocycles. The lowest BCUT2D eigenvalue weighted by Crippen LogP contribution is -2.33. The van der Waals surface area contributed by atoms with Gasteiger partial charge in [0.2, 0.25) is 11.8 Å². The van der Waals surface area contributed by atoms with E-state index in [-0.39, 0.29) is 46.9 Å². The second-order valence-electron chi connectivity index (χ2n) is 8.77. The number of hydrogen-bond donors (Lipinski definition) is 2. The molecule has 186 valence electrons. The number of anilines is 2. The first-order valence-electron chi connectivity index (χ1n) is 11.1. The van der Waals surface area contributed by atoms with Gasteiger partial charge in [-0.3, -0.25) is 9.48 Å². The van der Waals surface area contributed by atoms with Crippen LogP contribution in [0.1, 0.15) is 35.6 Å². The van der Waals surface area contributed by atoms with Crippen molar-refractivity contribution >= 4 is 28.6 Å². The average Bonchev–Trinajstić information content (AvgIpc) is 3.53. The molecule has 0 saturated heterocycles. The highest BCUT2D eigenvalue weighted by Gasteiger charge is 2.51. The Bertz CT molecular complexity index is 1750. The largest absolute Gasteiger partial charge is 0.383 e. The van der Waals surface area contributed by atoms with Crippen molar-refractivity contribution in [2.24, 2.45) is 7.05 Å². The SMILES string of the molecule is Cc1noc(C2(C)C(=O)Nc3nc(-c4nc(Cc5cccc(F)c5F)nc5c4cnn5C)nc(N)c32)n1. The molecule has 14 heteroatoms. The highest BCUT2D eigenvalue weighted by Crippen LogP contribution is 2.44. The fourth-order valence-corrected chi connectivity index (χ4v) is 4.39. The van der Waals surface area contributed by atoms with Gasteiger partial charge >= 0.3 is 0 Å². The van der Waals surface area contributed by atoms with Gasteiger partial charge < -0.3 is 15.6 Å². The molecule has 6 rings (SSSR count). The zero-order chi connectivity index (χ0) is 26.1. The molecule has 1 aromatic carbocycles. The van der Waals surface area contributed by atoms with Crippen LogP contribution in [0.25, 0.3) is 22.6 Å².